The van der Waals surface area contributed by atoms with E-state index in [4.69, 9.17) is 9.47 Å². The van der Waals surface area contributed by atoms with Gasteiger partial charge in [-0.3, -0.25) is 4.79 Å². The summed E-state index contributed by atoms with van der Waals surface area (Å²) >= 11 is 0. The normalized spacial score (nSPS) is 12.3. The molecule has 2 N–H and O–H groups in total. The van der Waals surface area contributed by atoms with E-state index in [0.29, 0.717) is 41.9 Å². The Morgan fingerprint density at radius 3 is 2.59 bits per heavy atom. The minimum atomic E-state index is -0.406. The van der Waals surface area contributed by atoms with Crippen LogP contribution in [0.25, 0.3) is 0 Å². The fourth-order valence-corrected chi connectivity index (χ4v) is 2.54. The van der Waals surface area contributed by atoms with E-state index in [1.54, 1.807) is 30.3 Å². The summed E-state index contributed by atoms with van der Waals surface area (Å²) in [5.74, 6) is 0.864. The second kappa shape index (κ2) is 7.28. The topological polar surface area (TPSA) is 85.4 Å². The van der Waals surface area contributed by atoms with Gasteiger partial charge in [0.2, 0.25) is 0 Å². The number of hydrogen-bond acceptors (Lipinski definition) is 6. The van der Waals surface area contributed by atoms with Crippen LogP contribution in [-0.2, 0) is 0 Å². The molecule has 0 saturated carbocycles. The third kappa shape index (κ3) is 3.95. The molecule has 0 fully saturated rings. The van der Waals surface area contributed by atoms with E-state index < -0.39 is 5.91 Å². The molecule has 0 bridgehead atoms. The second-order valence-corrected chi connectivity index (χ2v) is 5.73. The van der Waals surface area contributed by atoms with Gasteiger partial charge in [0.25, 0.3) is 5.91 Å². The van der Waals surface area contributed by atoms with Crippen molar-refractivity contribution in [2.45, 2.75) is 0 Å². The maximum atomic E-state index is 13.2. The molecule has 7 nitrogen and oxygen atoms in total. The van der Waals surface area contributed by atoms with Gasteiger partial charge in [0, 0.05) is 17.4 Å². The van der Waals surface area contributed by atoms with Crippen LogP contribution in [0, 0.1) is 5.82 Å². The molecule has 27 heavy (non-hydrogen) atoms. The Bertz CT molecular complexity index is 979. The van der Waals surface area contributed by atoms with E-state index in [1.165, 1.54) is 24.5 Å². The zero-order chi connectivity index (χ0) is 18.6. The van der Waals surface area contributed by atoms with Crippen molar-refractivity contribution in [3.63, 3.8) is 0 Å². The van der Waals surface area contributed by atoms with Gasteiger partial charge >= 0.3 is 0 Å². The predicted octanol–water partition coefficient (Wildman–Crippen LogP) is 3.38. The molecule has 0 radical (unpaired) electrons. The van der Waals surface area contributed by atoms with Gasteiger partial charge in [-0.1, -0.05) is 6.07 Å². The molecule has 2 heterocycles. The number of nitrogens with one attached hydrogen (secondary N) is 2. The van der Waals surface area contributed by atoms with Crippen LogP contribution in [0.2, 0.25) is 0 Å². The third-order valence-electron chi connectivity index (χ3n) is 3.78. The van der Waals surface area contributed by atoms with Gasteiger partial charge in [-0.15, -0.1) is 0 Å². The van der Waals surface area contributed by atoms with Gasteiger partial charge in [0.05, 0.1) is 12.4 Å². The van der Waals surface area contributed by atoms with Crippen molar-refractivity contribution in [2.24, 2.45) is 0 Å². The molecule has 136 valence electrons. The number of amides is 1. The van der Waals surface area contributed by atoms with E-state index >= 15 is 0 Å². The van der Waals surface area contributed by atoms with Crippen LogP contribution in [0.15, 0.2) is 54.9 Å². The molecule has 0 atom stereocenters. The Morgan fingerprint density at radius 2 is 1.81 bits per heavy atom. The average Bonchev–Trinajstić information content (AvgIpc) is 2.68. The van der Waals surface area contributed by atoms with Gasteiger partial charge in [0.1, 0.15) is 30.5 Å². The molecule has 1 aliphatic rings. The first-order valence-electron chi connectivity index (χ1n) is 8.23. The maximum Gasteiger partial charge on any atom is 0.275 e. The summed E-state index contributed by atoms with van der Waals surface area (Å²) in [6.45, 7) is 0.972. The van der Waals surface area contributed by atoms with Crippen LogP contribution in [0.4, 0.5) is 21.6 Å². The van der Waals surface area contributed by atoms with Crippen LogP contribution < -0.4 is 20.1 Å². The highest BCUT2D eigenvalue weighted by Crippen LogP contribution is 2.32. The Labute approximate surface area is 154 Å². The van der Waals surface area contributed by atoms with E-state index in [0.717, 1.165) is 0 Å². The minimum Gasteiger partial charge on any atom is -0.486 e. The van der Waals surface area contributed by atoms with Crippen molar-refractivity contribution < 1.29 is 18.7 Å². The highest BCUT2D eigenvalue weighted by atomic mass is 19.1. The highest BCUT2D eigenvalue weighted by Gasteiger charge is 2.14. The van der Waals surface area contributed by atoms with Gasteiger partial charge in [-0.05, 0) is 30.3 Å². The van der Waals surface area contributed by atoms with E-state index in [-0.39, 0.29) is 11.5 Å². The summed E-state index contributed by atoms with van der Waals surface area (Å²) in [7, 11) is 0. The number of benzene rings is 2. The highest BCUT2D eigenvalue weighted by molar-refractivity contribution is 6.02. The molecule has 4 rings (SSSR count). The van der Waals surface area contributed by atoms with Gasteiger partial charge in [-0.2, -0.15) is 0 Å². The standard InChI is InChI=1S/C19H15FN4O3/c20-12-2-1-3-13(8-12)23-18-11-21-15(10-22-18)19(25)24-14-4-5-16-17(9-14)27-7-6-26-16/h1-5,8-11H,6-7H2,(H,22,23)(H,24,25). The van der Waals surface area contributed by atoms with E-state index in [2.05, 4.69) is 20.6 Å². The lowest BCUT2D eigenvalue weighted by Crippen LogP contribution is -2.17. The maximum absolute atomic E-state index is 13.2. The van der Waals surface area contributed by atoms with Crippen molar-refractivity contribution in [1.82, 2.24) is 9.97 Å². The Kier molecular flexibility index (Phi) is 4.52. The lowest BCUT2D eigenvalue weighted by molar-refractivity contribution is 0.102. The Hall–Kier alpha value is -3.68. The zero-order valence-electron chi connectivity index (χ0n) is 14.1. The summed E-state index contributed by atoms with van der Waals surface area (Å²) in [6.07, 6.45) is 2.75. The zero-order valence-corrected chi connectivity index (χ0v) is 14.1. The first-order valence-corrected chi connectivity index (χ1v) is 8.23. The monoisotopic (exact) mass is 366 g/mol. The molecular formula is C19H15FN4O3. The molecule has 1 aromatic heterocycles. The van der Waals surface area contributed by atoms with E-state index in [9.17, 15) is 9.18 Å². The molecular weight excluding hydrogens is 351 g/mol. The van der Waals surface area contributed by atoms with Crippen molar-refractivity contribution in [1.29, 1.82) is 0 Å². The molecule has 1 aliphatic heterocycles. The molecule has 0 unspecified atom stereocenters. The first kappa shape index (κ1) is 16.8. The summed E-state index contributed by atoms with van der Waals surface area (Å²) in [6, 6.07) is 11.1. The smallest absolute Gasteiger partial charge is 0.275 e. The number of nitrogens with zero attached hydrogens (tertiary/aromatic N) is 2. The van der Waals surface area contributed by atoms with Crippen molar-refractivity contribution >= 4 is 23.1 Å². The average molecular weight is 366 g/mol. The number of ether oxygens (including phenoxy) is 2. The van der Waals surface area contributed by atoms with Crippen LogP contribution in [0.1, 0.15) is 10.5 Å². The van der Waals surface area contributed by atoms with Crippen LogP contribution in [-0.4, -0.2) is 29.1 Å². The quantitative estimate of drug-likeness (QED) is 0.736. The number of anilines is 3. The van der Waals surface area contributed by atoms with Gasteiger partial charge < -0.3 is 20.1 Å². The number of hydrogen-bond donors (Lipinski definition) is 2. The summed E-state index contributed by atoms with van der Waals surface area (Å²) in [5.41, 5.74) is 1.25. The van der Waals surface area contributed by atoms with Crippen LogP contribution in [0.5, 0.6) is 11.5 Å². The van der Waals surface area contributed by atoms with Crippen LogP contribution in [0.3, 0.4) is 0 Å². The Morgan fingerprint density at radius 1 is 0.963 bits per heavy atom. The fraction of sp³-hybridized carbons (Fsp3) is 0.105. The minimum absolute atomic E-state index is 0.148. The molecule has 0 saturated heterocycles. The van der Waals surface area contributed by atoms with Crippen molar-refractivity contribution in [3.05, 3.63) is 66.4 Å². The van der Waals surface area contributed by atoms with Crippen molar-refractivity contribution in [2.75, 3.05) is 23.8 Å². The number of halogens is 1. The lowest BCUT2D eigenvalue weighted by atomic mass is 10.2. The summed E-state index contributed by atoms with van der Waals surface area (Å²) in [4.78, 5) is 20.6. The molecule has 8 heteroatoms. The number of carbonyl (C=O) groups excluding carboxylic acids is 1. The Balaban J connectivity index is 1.43. The molecule has 2 aromatic carbocycles. The molecule has 3 aromatic rings. The van der Waals surface area contributed by atoms with Crippen LogP contribution >= 0.6 is 0 Å². The SMILES string of the molecule is O=C(Nc1ccc2c(c1)OCCO2)c1cnc(Nc2cccc(F)c2)cn1. The third-order valence-corrected chi connectivity index (χ3v) is 3.78. The summed E-state index contributed by atoms with van der Waals surface area (Å²) < 4.78 is 24.1. The van der Waals surface area contributed by atoms with E-state index in [1.807, 2.05) is 0 Å². The molecule has 0 spiro atoms. The number of fused-ring (bicyclic) bond motifs is 1. The second-order valence-electron chi connectivity index (χ2n) is 5.73. The predicted molar refractivity (Wildman–Crippen MR) is 97.1 cm³/mol. The van der Waals surface area contributed by atoms with Gasteiger partial charge in [-0.25, -0.2) is 14.4 Å². The lowest BCUT2D eigenvalue weighted by Gasteiger charge is -2.18. The first-order chi connectivity index (χ1) is 13.2. The number of aromatic nitrogens is 2. The fourth-order valence-electron chi connectivity index (χ4n) is 2.54. The molecule has 0 aliphatic carbocycles. The number of carbonyl (C=O) groups is 1. The summed E-state index contributed by atoms with van der Waals surface area (Å²) in [5, 5.41) is 5.66. The van der Waals surface area contributed by atoms with Crippen molar-refractivity contribution in [3.8, 4) is 11.5 Å². The van der Waals surface area contributed by atoms with Gasteiger partial charge in [0.15, 0.2) is 11.5 Å². The number of rotatable bonds is 4. The molecule has 1 amide bonds. The largest absolute Gasteiger partial charge is 0.486 e.